The Morgan fingerprint density at radius 3 is 2.90 bits per heavy atom. The Bertz CT molecular complexity index is 486. The van der Waals surface area contributed by atoms with Crippen LogP contribution in [0.2, 0.25) is 0 Å². The summed E-state index contributed by atoms with van der Waals surface area (Å²) in [5, 5.41) is 6.23. The normalized spacial score (nSPS) is 14.7. The number of ether oxygens (including phenoxy) is 1. The highest BCUT2D eigenvalue weighted by Gasteiger charge is 2.13. The minimum Gasteiger partial charge on any atom is -0.493 e. The molecule has 0 saturated heterocycles. The van der Waals surface area contributed by atoms with E-state index in [2.05, 4.69) is 42.7 Å². The van der Waals surface area contributed by atoms with Crippen LogP contribution in [-0.2, 0) is 17.6 Å². The van der Waals surface area contributed by atoms with Crippen molar-refractivity contribution in [2.75, 3.05) is 19.7 Å². The maximum Gasteiger partial charge on any atom is 0.236 e. The molecule has 4 heteroatoms. The van der Waals surface area contributed by atoms with Gasteiger partial charge in [0.15, 0.2) is 0 Å². The molecular weight excluding hydrogens is 264 g/mol. The van der Waals surface area contributed by atoms with Gasteiger partial charge < -0.3 is 15.4 Å². The SMILES string of the molecule is CC(C)CNC(=O)C(C)NCCc1ccc2c(c1)CCO2. The number of nitrogens with one attached hydrogen (secondary N) is 2. The molecule has 0 spiro atoms. The van der Waals surface area contributed by atoms with Crippen LogP contribution in [0.5, 0.6) is 5.75 Å². The van der Waals surface area contributed by atoms with Crippen molar-refractivity contribution in [3.05, 3.63) is 29.3 Å². The quantitative estimate of drug-likeness (QED) is 0.806. The van der Waals surface area contributed by atoms with E-state index in [0.29, 0.717) is 5.92 Å². The zero-order chi connectivity index (χ0) is 15.2. The summed E-state index contributed by atoms with van der Waals surface area (Å²) in [5.41, 5.74) is 2.59. The third-order valence-corrected chi connectivity index (χ3v) is 3.70. The van der Waals surface area contributed by atoms with Crippen LogP contribution in [0, 0.1) is 5.92 Å². The summed E-state index contributed by atoms with van der Waals surface area (Å²) in [6.07, 6.45) is 1.93. The monoisotopic (exact) mass is 290 g/mol. The van der Waals surface area contributed by atoms with Gasteiger partial charge in [-0.25, -0.2) is 0 Å². The van der Waals surface area contributed by atoms with Crippen molar-refractivity contribution in [1.82, 2.24) is 10.6 Å². The largest absolute Gasteiger partial charge is 0.493 e. The van der Waals surface area contributed by atoms with Gasteiger partial charge in [0.2, 0.25) is 5.91 Å². The summed E-state index contributed by atoms with van der Waals surface area (Å²) in [6, 6.07) is 6.22. The van der Waals surface area contributed by atoms with Gasteiger partial charge in [-0.05, 0) is 43.0 Å². The fourth-order valence-electron chi connectivity index (χ4n) is 2.38. The molecule has 1 heterocycles. The lowest BCUT2D eigenvalue weighted by atomic mass is 10.1. The fourth-order valence-corrected chi connectivity index (χ4v) is 2.38. The van der Waals surface area contributed by atoms with Crippen LogP contribution in [0.25, 0.3) is 0 Å². The van der Waals surface area contributed by atoms with Crippen LogP contribution in [0.4, 0.5) is 0 Å². The second kappa shape index (κ2) is 7.46. The molecule has 1 amide bonds. The summed E-state index contributed by atoms with van der Waals surface area (Å²) < 4.78 is 5.51. The highest BCUT2D eigenvalue weighted by atomic mass is 16.5. The van der Waals surface area contributed by atoms with Gasteiger partial charge in [-0.2, -0.15) is 0 Å². The van der Waals surface area contributed by atoms with Crippen LogP contribution < -0.4 is 15.4 Å². The Labute approximate surface area is 127 Å². The van der Waals surface area contributed by atoms with E-state index in [9.17, 15) is 4.79 Å². The lowest BCUT2D eigenvalue weighted by Crippen LogP contribution is -2.43. The van der Waals surface area contributed by atoms with Crippen LogP contribution in [0.3, 0.4) is 0 Å². The van der Waals surface area contributed by atoms with E-state index in [1.54, 1.807) is 0 Å². The molecular formula is C17H26N2O2. The highest BCUT2D eigenvalue weighted by molar-refractivity contribution is 5.81. The average molecular weight is 290 g/mol. The molecule has 1 aliphatic heterocycles. The first kappa shape index (κ1) is 15.8. The van der Waals surface area contributed by atoms with Crippen LogP contribution in [0.1, 0.15) is 31.9 Å². The van der Waals surface area contributed by atoms with Crippen molar-refractivity contribution in [1.29, 1.82) is 0 Å². The number of carbonyl (C=O) groups excluding carboxylic acids is 1. The number of fused-ring (bicyclic) bond motifs is 1. The highest BCUT2D eigenvalue weighted by Crippen LogP contribution is 2.25. The van der Waals surface area contributed by atoms with E-state index in [4.69, 9.17) is 4.74 Å². The Hall–Kier alpha value is -1.55. The topological polar surface area (TPSA) is 50.4 Å². The molecule has 1 unspecified atom stereocenters. The summed E-state index contributed by atoms with van der Waals surface area (Å²) in [4.78, 5) is 11.9. The number of rotatable bonds is 7. The lowest BCUT2D eigenvalue weighted by molar-refractivity contribution is -0.122. The number of amides is 1. The predicted octanol–water partition coefficient (Wildman–Crippen LogP) is 1.91. The molecule has 116 valence electrons. The van der Waals surface area contributed by atoms with Gasteiger partial charge in [0.1, 0.15) is 5.75 Å². The smallest absolute Gasteiger partial charge is 0.236 e. The fraction of sp³-hybridized carbons (Fsp3) is 0.588. The Kier molecular flexibility index (Phi) is 5.62. The molecule has 0 aliphatic carbocycles. The zero-order valence-electron chi connectivity index (χ0n) is 13.2. The maximum atomic E-state index is 11.9. The zero-order valence-corrected chi connectivity index (χ0v) is 13.2. The maximum absolute atomic E-state index is 11.9. The molecule has 0 radical (unpaired) electrons. The van der Waals surface area contributed by atoms with Crippen molar-refractivity contribution in [2.45, 2.75) is 39.7 Å². The lowest BCUT2D eigenvalue weighted by Gasteiger charge is -2.15. The third-order valence-electron chi connectivity index (χ3n) is 3.70. The van der Waals surface area contributed by atoms with Crippen molar-refractivity contribution in [3.8, 4) is 5.75 Å². The molecule has 1 aromatic rings. The molecule has 21 heavy (non-hydrogen) atoms. The second-order valence-corrected chi connectivity index (χ2v) is 6.11. The van der Waals surface area contributed by atoms with E-state index in [-0.39, 0.29) is 11.9 Å². The second-order valence-electron chi connectivity index (χ2n) is 6.11. The Morgan fingerprint density at radius 2 is 2.14 bits per heavy atom. The van der Waals surface area contributed by atoms with E-state index < -0.39 is 0 Å². The van der Waals surface area contributed by atoms with Gasteiger partial charge in [-0.15, -0.1) is 0 Å². The predicted molar refractivity (Wildman–Crippen MR) is 84.7 cm³/mol. The molecule has 0 saturated carbocycles. The summed E-state index contributed by atoms with van der Waals surface area (Å²) in [5.74, 6) is 1.58. The molecule has 0 aromatic heterocycles. The van der Waals surface area contributed by atoms with Gasteiger partial charge in [-0.1, -0.05) is 26.0 Å². The molecule has 0 fully saturated rings. The number of hydrogen-bond acceptors (Lipinski definition) is 3. The van der Waals surface area contributed by atoms with Crippen LogP contribution in [0.15, 0.2) is 18.2 Å². The van der Waals surface area contributed by atoms with Crippen LogP contribution in [-0.4, -0.2) is 31.6 Å². The molecule has 1 aromatic carbocycles. The van der Waals surface area contributed by atoms with E-state index in [0.717, 1.165) is 38.3 Å². The average Bonchev–Trinajstić information content (AvgIpc) is 2.92. The molecule has 1 aliphatic rings. The molecule has 0 bridgehead atoms. The first-order valence-electron chi connectivity index (χ1n) is 7.82. The Morgan fingerprint density at radius 1 is 1.33 bits per heavy atom. The minimum absolute atomic E-state index is 0.0750. The van der Waals surface area contributed by atoms with Crippen molar-refractivity contribution in [2.24, 2.45) is 5.92 Å². The first-order valence-corrected chi connectivity index (χ1v) is 7.82. The Balaban J connectivity index is 1.72. The molecule has 4 nitrogen and oxygen atoms in total. The standard InChI is InChI=1S/C17H26N2O2/c1-12(2)11-19-17(20)13(3)18-8-6-14-4-5-16-15(10-14)7-9-21-16/h4-5,10,12-13,18H,6-9,11H2,1-3H3,(H,19,20). The number of hydrogen-bond donors (Lipinski definition) is 2. The van der Waals surface area contributed by atoms with Gasteiger partial charge in [-0.3, -0.25) is 4.79 Å². The van der Waals surface area contributed by atoms with E-state index in [1.807, 2.05) is 6.92 Å². The molecule has 2 rings (SSSR count). The summed E-state index contributed by atoms with van der Waals surface area (Å²) in [7, 11) is 0. The van der Waals surface area contributed by atoms with Gasteiger partial charge >= 0.3 is 0 Å². The third kappa shape index (κ3) is 4.74. The summed E-state index contributed by atoms with van der Waals surface area (Å²) in [6.45, 7) is 8.42. The number of benzene rings is 1. The minimum atomic E-state index is -0.151. The molecule has 2 N–H and O–H groups in total. The number of carbonyl (C=O) groups is 1. The molecule has 1 atom stereocenters. The van der Waals surface area contributed by atoms with E-state index in [1.165, 1.54) is 11.1 Å². The van der Waals surface area contributed by atoms with Gasteiger partial charge in [0.25, 0.3) is 0 Å². The van der Waals surface area contributed by atoms with E-state index >= 15 is 0 Å². The van der Waals surface area contributed by atoms with Gasteiger partial charge in [0.05, 0.1) is 12.6 Å². The van der Waals surface area contributed by atoms with Crippen molar-refractivity contribution in [3.63, 3.8) is 0 Å². The van der Waals surface area contributed by atoms with Crippen LogP contribution >= 0.6 is 0 Å². The van der Waals surface area contributed by atoms with Gasteiger partial charge in [0, 0.05) is 13.0 Å². The van der Waals surface area contributed by atoms with Crippen molar-refractivity contribution < 1.29 is 9.53 Å². The summed E-state index contributed by atoms with van der Waals surface area (Å²) >= 11 is 0. The first-order chi connectivity index (χ1) is 10.1. The van der Waals surface area contributed by atoms with Crippen molar-refractivity contribution >= 4 is 5.91 Å².